The quantitative estimate of drug-likeness (QED) is 0.294. The van der Waals surface area contributed by atoms with Gasteiger partial charge in [0.2, 0.25) is 0 Å². The Balaban J connectivity index is 1.90. The Morgan fingerprint density at radius 1 is 1.19 bits per heavy atom. The molecule has 31 heavy (non-hydrogen) atoms. The van der Waals surface area contributed by atoms with Crippen LogP contribution in [0.5, 0.6) is 0 Å². The van der Waals surface area contributed by atoms with Crippen LogP contribution in [0.25, 0.3) is 16.6 Å². The van der Waals surface area contributed by atoms with Crippen LogP contribution in [-0.4, -0.2) is 40.8 Å². The van der Waals surface area contributed by atoms with Crippen molar-refractivity contribution in [1.82, 2.24) is 24.8 Å². The van der Waals surface area contributed by atoms with Gasteiger partial charge in [-0.05, 0) is 39.0 Å². The average Bonchev–Trinajstić information content (AvgIpc) is 3.15. The standard InChI is InChI=1S/C21H20F2N6O2/c1-10(20-26-25-17-6-5-15(11(2)28-31)27-29(17)20)18-14(22)8-16-13(19(18)23)7-12(9-24-16)21(3,4)30/h5-10,30-31H,1-4H3/b28-11+/t10-/m0/s1. The molecule has 0 bridgehead atoms. The number of nitrogens with zero attached hydrogens (tertiary/aromatic N) is 6. The highest BCUT2D eigenvalue weighted by molar-refractivity contribution is 5.96. The number of aliphatic hydroxyl groups is 1. The largest absolute Gasteiger partial charge is 0.411 e. The number of aromatic nitrogens is 5. The van der Waals surface area contributed by atoms with Gasteiger partial charge in [-0.2, -0.15) is 9.61 Å². The van der Waals surface area contributed by atoms with Gasteiger partial charge in [0, 0.05) is 34.7 Å². The first kappa shape index (κ1) is 20.7. The fourth-order valence-electron chi connectivity index (χ4n) is 3.39. The molecule has 0 radical (unpaired) electrons. The second kappa shape index (κ2) is 7.31. The summed E-state index contributed by atoms with van der Waals surface area (Å²) in [4.78, 5) is 4.10. The molecule has 0 saturated heterocycles. The summed E-state index contributed by atoms with van der Waals surface area (Å²) < 4.78 is 31.8. The van der Waals surface area contributed by atoms with E-state index in [1.54, 1.807) is 39.8 Å². The van der Waals surface area contributed by atoms with Gasteiger partial charge in [-0.15, -0.1) is 10.2 Å². The zero-order chi connectivity index (χ0) is 22.5. The summed E-state index contributed by atoms with van der Waals surface area (Å²) in [6, 6.07) is 5.84. The monoisotopic (exact) mass is 426 g/mol. The number of hydrogen-bond acceptors (Lipinski definition) is 7. The van der Waals surface area contributed by atoms with Gasteiger partial charge in [-0.1, -0.05) is 12.1 Å². The molecule has 8 nitrogen and oxygen atoms in total. The molecule has 0 aliphatic rings. The highest BCUT2D eigenvalue weighted by atomic mass is 19.1. The van der Waals surface area contributed by atoms with E-state index in [1.807, 2.05) is 0 Å². The van der Waals surface area contributed by atoms with Gasteiger partial charge in [-0.3, -0.25) is 4.98 Å². The van der Waals surface area contributed by atoms with E-state index in [0.717, 1.165) is 6.07 Å². The van der Waals surface area contributed by atoms with E-state index >= 15 is 4.39 Å². The first-order valence-corrected chi connectivity index (χ1v) is 9.53. The van der Waals surface area contributed by atoms with Crippen LogP contribution in [0, 0.1) is 11.6 Å². The molecule has 0 spiro atoms. The molecule has 0 aliphatic carbocycles. The summed E-state index contributed by atoms with van der Waals surface area (Å²) >= 11 is 0. The maximum Gasteiger partial charge on any atom is 0.177 e. The Kier molecular flexibility index (Phi) is 4.89. The van der Waals surface area contributed by atoms with Gasteiger partial charge < -0.3 is 10.3 Å². The highest BCUT2D eigenvalue weighted by Crippen LogP contribution is 2.33. The average molecular weight is 426 g/mol. The molecule has 0 saturated carbocycles. The first-order chi connectivity index (χ1) is 14.6. The molecule has 3 aromatic heterocycles. The van der Waals surface area contributed by atoms with Crippen molar-refractivity contribution in [2.24, 2.45) is 5.16 Å². The minimum atomic E-state index is -1.23. The zero-order valence-corrected chi connectivity index (χ0v) is 17.3. The topological polar surface area (TPSA) is 109 Å². The molecule has 4 aromatic rings. The summed E-state index contributed by atoms with van der Waals surface area (Å²) in [5.41, 5.74) is 0.107. The van der Waals surface area contributed by atoms with Gasteiger partial charge in [0.1, 0.15) is 23.0 Å². The van der Waals surface area contributed by atoms with Crippen molar-refractivity contribution >= 4 is 22.3 Å². The summed E-state index contributed by atoms with van der Waals surface area (Å²) in [5, 5.41) is 34.9. The summed E-state index contributed by atoms with van der Waals surface area (Å²) in [6.07, 6.45) is 1.40. The van der Waals surface area contributed by atoms with Crippen molar-refractivity contribution in [2.45, 2.75) is 39.2 Å². The Labute approximate surface area is 175 Å². The maximum absolute atomic E-state index is 15.5. The predicted molar refractivity (Wildman–Crippen MR) is 109 cm³/mol. The van der Waals surface area contributed by atoms with Gasteiger partial charge in [-0.25, -0.2) is 8.78 Å². The minimum Gasteiger partial charge on any atom is -0.411 e. The van der Waals surface area contributed by atoms with Gasteiger partial charge in [0.25, 0.3) is 0 Å². The minimum absolute atomic E-state index is 0.0913. The van der Waals surface area contributed by atoms with Crippen LogP contribution in [0.1, 0.15) is 56.3 Å². The van der Waals surface area contributed by atoms with Crippen LogP contribution in [0.3, 0.4) is 0 Å². The van der Waals surface area contributed by atoms with Crippen molar-refractivity contribution in [1.29, 1.82) is 0 Å². The molecule has 0 aliphatic heterocycles. The van der Waals surface area contributed by atoms with E-state index < -0.39 is 23.2 Å². The molecule has 2 N–H and O–H groups in total. The normalized spacial score (nSPS) is 13.8. The van der Waals surface area contributed by atoms with Gasteiger partial charge >= 0.3 is 0 Å². The summed E-state index contributed by atoms with van der Waals surface area (Å²) in [5.74, 6) is -2.20. The van der Waals surface area contributed by atoms with E-state index in [0.29, 0.717) is 16.9 Å². The third kappa shape index (κ3) is 3.48. The van der Waals surface area contributed by atoms with E-state index in [4.69, 9.17) is 5.21 Å². The van der Waals surface area contributed by atoms with Gasteiger partial charge in [0.15, 0.2) is 11.5 Å². The van der Waals surface area contributed by atoms with Crippen LogP contribution < -0.4 is 0 Å². The van der Waals surface area contributed by atoms with E-state index in [2.05, 4.69) is 25.4 Å². The fraction of sp³-hybridized carbons (Fsp3) is 0.286. The lowest BCUT2D eigenvalue weighted by Gasteiger charge is -2.19. The SMILES string of the molecule is C/C(=N\O)c1ccc2nnc([C@@H](C)c3c(F)cc4ncc(C(C)(C)O)cc4c3F)n2n1. The third-order valence-corrected chi connectivity index (χ3v) is 5.25. The highest BCUT2D eigenvalue weighted by Gasteiger charge is 2.27. The lowest BCUT2D eigenvalue weighted by atomic mass is 9.94. The number of fused-ring (bicyclic) bond motifs is 2. The molecule has 0 amide bonds. The number of benzene rings is 1. The van der Waals surface area contributed by atoms with E-state index in [9.17, 15) is 9.50 Å². The first-order valence-electron chi connectivity index (χ1n) is 9.53. The molecule has 3 heterocycles. The summed E-state index contributed by atoms with van der Waals surface area (Å²) in [7, 11) is 0. The van der Waals surface area contributed by atoms with E-state index in [1.165, 1.54) is 16.8 Å². The molecule has 0 fully saturated rings. The lowest BCUT2D eigenvalue weighted by Crippen LogP contribution is -2.16. The molecule has 10 heteroatoms. The summed E-state index contributed by atoms with van der Waals surface area (Å²) in [6.45, 7) is 6.28. The second-order valence-electron chi connectivity index (χ2n) is 7.89. The lowest BCUT2D eigenvalue weighted by molar-refractivity contribution is 0.0784. The number of pyridine rings is 1. The van der Waals surface area contributed by atoms with Crippen molar-refractivity contribution in [3.63, 3.8) is 0 Å². The Morgan fingerprint density at radius 2 is 1.94 bits per heavy atom. The molecule has 1 aromatic carbocycles. The Morgan fingerprint density at radius 3 is 2.61 bits per heavy atom. The van der Waals surface area contributed by atoms with Crippen LogP contribution in [-0.2, 0) is 5.60 Å². The van der Waals surface area contributed by atoms with Crippen LogP contribution in [0.2, 0.25) is 0 Å². The van der Waals surface area contributed by atoms with Crippen molar-refractivity contribution in [3.8, 4) is 0 Å². The van der Waals surface area contributed by atoms with Crippen molar-refractivity contribution in [2.75, 3.05) is 0 Å². The van der Waals surface area contributed by atoms with E-state index in [-0.39, 0.29) is 28.0 Å². The molecule has 1 atom stereocenters. The number of rotatable bonds is 4. The molecule has 160 valence electrons. The zero-order valence-electron chi connectivity index (χ0n) is 17.3. The smallest absolute Gasteiger partial charge is 0.177 e. The number of hydrogen-bond donors (Lipinski definition) is 2. The number of oxime groups is 1. The van der Waals surface area contributed by atoms with Crippen molar-refractivity contribution in [3.05, 3.63) is 64.7 Å². The van der Waals surface area contributed by atoms with Crippen molar-refractivity contribution < 1.29 is 19.1 Å². The van der Waals surface area contributed by atoms with Crippen LogP contribution >= 0.6 is 0 Å². The third-order valence-electron chi connectivity index (χ3n) is 5.25. The second-order valence-corrected chi connectivity index (χ2v) is 7.89. The predicted octanol–water partition coefficient (Wildman–Crippen LogP) is 3.53. The Bertz CT molecular complexity index is 1340. The molecule has 0 unspecified atom stereocenters. The molecule has 4 rings (SSSR count). The maximum atomic E-state index is 15.5. The fourth-order valence-corrected chi connectivity index (χ4v) is 3.39. The van der Waals surface area contributed by atoms with Crippen LogP contribution in [0.4, 0.5) is 8.78 Å². The Hall–Kier alpha value is -3.53. The number of halogens is 2. The molecular formula is C21H20F2N6O2. The van der Waals surface area contributed by atoms with Crippen LogP contribution in [0.15, 0.2) is 35.6 Å². The van der Waals surface area contributed by atoms with Gasteiger partial charge in [0.05, 0.1) is 11.1 Å². The molecular weight excluding hydrogens is 406 g/mol.